The predicted octanol–water partition coefficient (Wildman–Crippen LogP) is 17.3. The fourth-order valence-corrected chi connectivity index (χ4v) is 12.2. The first-order valence-corrected chi connectivity index (χ1v) is 25.8. The summed E-state index contributed by atoms with van der Waals surface area (Å²) in [6.45, 7) is 0. The number of hydrogen-bond donors (Lipinski definition) is 0. The van der Waals surface area contributed by atoms with E-state index in [1.807, 2.05) is 6.07 Å². The molecule has 0 unspecified atom stereocenters. The predicted molar refractivity (Wildman–Crippen MR) is 313 cm³/mol. The Bertz CT molecular complexity index is 4930. The van der Waals surface area contributed by atoms with Gasteiger partial charge < -0.3 is 13.7 Å². The first kappa shape index (κ1) is 42.2. The van der Waals surface area contributed by atoms with Crippen LogP contribution in [0.3, 0.4) is 0 Å². The molecule has 7 nitrogen and oxygen atoms in total. The standard InChI is InChI=1S/C69H43N7/c1-4-20-44(21-5-1)46-24-18-27-48(42-46)75-62-37-17-13-31-53(62)55-39-40-56-58-43-49(73-59-34-14-10-28-50(59)51-29-11-15-35-60(51)73)38-41-63(58)76(66(56)65(55)75)69-71-67(45-22-6-2-7-23-45)70-68(72-69)57-33-19-32-54-52-30-12-16-36-61(52)74(64(54)57)47-25-8-3-9-26-47/h1-43H. The van der Waals surface area contributed by atoms with Crippen molar-refractivity contribution in [2.75, 3.05) is 0 Å². The van der Waals surface area contributed by atoms with Gasteiger partial charge in [-0.2, -0.15) is 9.97 Å². The summed E-state index contributed by atoms with van der Waals surface area (Å²) in [4.78, 5) is 16.7. The molecule has 0 N–H and O–H groups in total. The van der Waals surface area contributed by atoms with Crippen LogP contribution in [-0.2, 0) is 0 Å². The van der Waals surface area contributed by atoms with E-state index in [4.69, 9.17) is 15.0 Å². The third-order valence-corrected chi connectivity index (χ3v) is 15.4. The summed E-state index contributed by atoms with van der Waals surface area (Å²) < 4.78 is 9.51. The van der Waals surface area contributed by atoms with Crippen LogP contribution in [0.25, 0.3) is 144 Å². The summed E-state index contributed by atoms with van der Waals surface area (Å²) in [5.41, 5.74) is 15.9. The number of para-hydroxylation sites is 6. The first-order chi connectivity index (χ1) is 37.7. The highest BCUT2D eigenvalue weighted by Crippen LogP contribution is 2.44. The summed E-state index contributed by atoms with van der Waals surface area (Å²) in [5.74, 6) is 1.69. The van der Waals surface area contributed by atoms with Crippen molar-refractivity contribution in [2.24, 2.45) is 0 Å². The Labute approximate surface area is 436 Å². The van der Waals surface area contributed by atoms with Crippen molar-refractivity contribution in [3.8, 4) is 56.9 Å². The number of benzene rings is 11. The number of hydrogen-bond acceptors (Lipinski definition) is 3. The molecule has 76 heavy (non-hydrogen) atoms. The lowest BCUT2D eigenvalue weighted by atomic mass is 10.1. The maximum atomic E-state index is 5.71. The average molecular weight is 970 g/mol. The van der Waals surface area contributed by atoms with Crippen molar-refractivity contribution >= 4 is 87.2 Å². The van der Waals surface area contributed by atoms with Gasteiger partial charge in [0.15, 0.2) is 11.6 Å². The van der Waals surface area contributed by atoms with Crippen LogP contribution in [-0.4, -0.2) is 33.2 Å². The lowest BCUT2D eigenvalue weighted by Gasteiger charge is -2.15. The van der Waals surface area contributed by atoms with Crippen molar-refractivity contribution in [3.63, 3.8) is 0 Å². The molecule has 7 heteroatoms. The third kappa shape index (κ3) is 6.26. The van der Waals surface area contributed by atoms with E-state index < -0.39 is 0 Å². The van der Waals surface area contributed by atoms with Gasteiger partial charge in [0.05, 0.1) is 44.1 Å². The Morgan fingerprint density at radius 2 is 0.658 bits per heavy atom. The molecule has 0 aliphatic carbocycles. The average Bonchev–Trinajstić information content (AvgIpc) is 4.33. The zero-order chi connectivity index (χ0) is 49.8. The number of aromatic nitrogens is 7. The van der Waals surface area contributed by atoms with Crippen molar-refractivity contribution in [2.45, 2.75) is 0 Å². The van der Waals surface area contributed by atoms with Crippen molar-refractivity contribution < 1.29 is 0 Å². The normalized spacial score (nSPS) is 11.9. The van der Waals surface area contributed by atoms with Gasteiger partial charge in [-0.05, 0) is 83.9 Å². The second-order valence-corrected chi connectivity index (χ2v) is 19.6. The van der Waals surface area contributed by atoms with Crippen LogP contribution in [0.15, 0.2) is 261 Å². The SMILES string of the molecule is c1ccc(-c2cccc(-n3c4ccccc4c4ccc5c6cc(-n7c8ccccc8c8ccccc87)ccc6n(-c6nc(-c7ccccc7)nc(-c7cccc8c9ccccc9n(-c9ccccc9)c78)n6)c5c43)c2)cc1. The maximum absolute atomic E-state index is 5.71. The zero-order valence-corrected chi connectivity index (χ0v) is 41.0. The molecule has 0 atom stereocenters. The van der Waals surface area contributed by atoms with Crippen molar-refractivity contribution in [3.05, 3.63) is 261 Å². The van der Waals surface area contributed by atoms with Gasteiger partial charge in [-0.25, -0.2) is 4.98 Å². The Kier molecular flexibility index (Phi) is 9.20. The summed E-state index contributed by atoms with van der Waals surface area (Å²) in [5, 5.41) is 9.19. The zero-order valence-electron chi connectivity index (χ0n) is 41.0. The molecule has 0 spiro atoms. The first-order valence-electron chi connectivity index (χ1n) is 25.8. The molecule has 0 radical (unpaired) electrons. The van der Waals surface area contributed by atoms with Crippen LogP contribution < -0.4 is 0 Å². The van der Waals surface area contributed by atoms with Gasteiger partial charge >= 0.3 is 0 Å². The van der Waals surface area contributed by atoms with Crippen LogP contribution in [0.5, 0.6) is 0 Å². The molecule has 0 bridgehead atoms. The van der Waals surface area contributed by atoms with Gasteiger partial charge in [0.2, 0.25) is 5.95 Å². The fraction of sp³-hybridized carbons (Fsp3) is 0. The monoisotopic (exact) mass is 969 g/mol. The molecule has 16 rings (SSSR count). The molecule has 11 aromatic carbocycles. The third-order valence-electron chi connectivity index (χ3n) is 15.4. The minimum Gasteiger partial charge on any atom is -0.309 e. The summed E-state index contributed by atoms with van der Waals surface area (Å²) >= 11 is 0. The minimum absolute atomic E-state index is 0.523. The van der Waals surface area contributed by atoms with E-state index in [9.17, 15) is 0 Å². The molecule has 0 saturated heterocycles. The highest BCUT2D eigenvalue weighted by atomic mass is 15.2. The molecule has 0 aliphatic rings. The summed E-state index contributed by atoms with van der Waals surface area (Å²) in [6, 6.07) is 93.3. The minimum atomic E-state index is 0.523. The molecule has 16 aromatic rings. The van der Waals surface area contributed by atoms with E-state index >= 15 is 0 Å². The van der Waals surface area contributed by atoms with Crippen LogP contribution in [0.1, 0.15) is 0 Å². The van der Waals surface area contributed by atoms with Crippen molar-refractivity contribution in [1.82, 2.24) is 33.2 Å². The molecule has 0 amide bonds. The van der Waals surface area contributed by atoms with Crippen LogP contribution in [0, 0.1) is 0 Å². The highest BCUT2D eigenvalue weighted by molar-refractivity contribution is 6.24. The second kappa shape index (κ2) is 16.6. The van der Waals surface area contributed by atoms with Gasteiger partial charge in [0.25, 0.3) is 0 Å². The highest BCUT2D eigenvalue weighted by Gasteiger charge is 2.26. The summed E-state index contributed by atoms with van der Waals surface area (Å²) in [6.07, 6.45) is 0. The molecule has 5 aromatic heterocycles. The Morgan fingerprint density at radius 3 is 1.32 bits per heavy atom. The van der Waals surface area contributed by atoms with E-state index in [2.05, 4.69) is 273 Å². The van der Waals surface area contributed by atoms with Gasteiger partial charge in [0, 0.05) is 71.3 Å². The quantitative estimate of drug-likeness (QED) is 0.160. The number of nitrogens with zero attached hydrogens (tertiary/aromatic N) is 7. The molecule has 0 aliphatic heterocycles. The van der Waals surface area contributed by atoms with E-state index in [1.165, 1.54) is 10.8 Å². The Balaban J connectivity index is 1.05. The van der Waals surface area contributed by atoms with Gasteiger partial charge in [-0.15, -0.1) is 0 Å². The second-order valence-electron chi connectivity index (χ2n) is 19.6. The van der Waals surface area contributed by atoms with Crippen molar-refractivity contribution in [1.29, 1.82) is 0 Å². The molecule has 0 saturated carbocycles. The Morgan fingerprint density at radius 1 is 0.224 bits per heavy atom. The fourth-order valence-electron chi connectivity index (χ4n) is 12.2. The van der Waals surface area contributed by atoms with Crippen LogP contribution in [0.4, 0.5) is 0 Å². The van der Waals surface area contributed by atoms with E-state index in [1.54, 1.807) is 0 Å². The van der Waals surface area contributed by atoms with Gasteiger partial charge in [-0.3, -0.25) is 4.57 Å². The number of rotatable bonds is 7. The van der Waals surface area contributed by atoms with Crippen LogP contribution in [0.2, 0.25) is 0 Å². The molecular formula is C69H43N7. The molecule has 5 heterocycles. The van der Waals surface area contributed by atoms with E-state index in [-0.39, 0.29) is 0 Å². The summed E-state index contributed by atoms with van der Waals surface area (Å²) in [7, 11) is 0. The lowest BCUT2D eigenvalue weighted by Crippen LogP contribution is -2.08. The van der Waals surface area contributed by atoms with E-state index in [0.29, 0.717) is 17.6 Å². The maximum Gasteiger partial charge on any atom is 0.238 e. The van der Waals surface area contributed by atoms with Crippen LogP contribution >= 0.6 is 0 Å². The Hall–Kier alpha value is -10.4. The lowest BCUT2D eigenvalue weighted by molar-refractivity contribution is 0.953. The van der Waals surface area contributed by atoms with E-state index in [0.717, 1.165) is 116 Å². The van der Waals surface area contributed by atoms with Gasteiger partial charge in [0.1, 0.15) is 0 Å². The largest absolute Gasteiger partial charge is 0.309 e. The van der Waals surface area contributed by atoms with Gasteiger partial charge in [-0.1, -0.05) is 188 Å². The smallest absolute Gasteiger partial charge is 0.238 e. The number of fused-ring (bicyclic) bond motifs is 13. The topological polar surface area (TPSA) is 58.4 Å². The molecular weight excluding hydrogens is 927 g/mol. The molecule has 0 fully saturated rings. The molecule has 354 valence electrons.